The van der Waals surface area contributed by atoms with Crippen LogP contribution in [0, 0.1) is 0 Å². The summed E-state index contributed by atoms with van der Waals surface area (Å²) in [4.78, 5) is 12.6. The van der Waals surface area contributed by atoms with Crippen molar-refractivity contribution in [2.75, 3.05) is 0 Å². The summed E-state index contributed by atoms with van der Waals surface area (Å²) in [5, 5.41) is 0. The molecule has 0 aliphatic rings. The molecule has 4 nitrogen and oxygen atoms in total. The summed E-state index contributed by atoms with van der Waals surface area (Å²) in [6.07, 6.45) is 5.03. The number of hydrogen-bond acceptors (Lipinski definition) is 4. The van der Waals surface area contributed by atoms with E-state index in [-0.39, 0.29) is 0 Å². The number of hydrogen-bond donors (Lipinski definition) is 0. The van der Waals surface area contributed by atoms with Crippen molar-refractivity contribution in [1.29, 1.82) is 0 Å². The Balaban J connectivity index is 2.23. The molecule has 98 valence electrons. The molecule has 0 saturated carbocycles. The fraction of sp³-hybridized carbons (Fsp3) is 0.214. The quantitative estimate of drug-likeness (QED) is 0.632. The molecule has 1 aromatic carbocycles. The van der Waals surface area contributed by atoms with E-state index in [2.05, 4.69) is 34.6 Å². The Labute approximate surface area is 114 Å². The summed E-state index contributed by atoms with van der Waals surface area (Å²) in [7, 11) is -1.64. The lowest BCUT2D eigenvalue weighted by Gasteiger charge is -2.20. The van der Waals surface area contributed by atoms with E-state index >= 15 is 0 Å². The zero-order valence-corrected chi connectivity index (χ0v) is 12.4. The first-order valence-electron chi connectivity index (χ1n) is 6.14. The van der Waals surface area contributed by atoms with Crippen molar-refractivity contribution < 1.29 is 4.43 Å². The van der Waals surface area contributed by atoms with Crippen molar-refractivity contribution in [2.24, 2.45) is 4.99 Å². The predicted molar refractivity (Wildman–Crippen MR) is 79.7 cm³/mol. The average molecular weight is 271 g/mol. The lowest BCUT2D eigenvalue weighted by Crippen LogP contribution is -2.29. The maximum atomic E-state index is 6.01. The van der Waals surface area contributed by atoms with Crippen LogP contribution in [0.4, 0.5) is 5.69 Å². The largest absolute Gasteiger partial charge is 0.543 e. The molecule has 1 aromatic heterocycles. The van der Waals surface area contributed by atoms with Gasteiger partial charge >= 0.3 is 0 Å². The monoisotopic (exact) mass is 271 g/mol. The topological polar surface area (TPSA) is 47.4 Å². The molecule has 5 heteroatoms. The van der Waals surface area contributed by atoms with Gasteiger partial charge in [-0.2, -0.15) is 0 Å². The highest BCUT2D eigenvalue weighted by Gasteiger charge is 2.17. The molecule has 2 rings (SSSR count). The van der Waals surface area contributed by atoms with E-state index < -0.39 is 8.32 Å². The fourth-order valence-corrected chi connectivity index (χ4v) is 2.32. The van der Waals surface area contributed by atoms with Crippen LogP contribution in [0.5, 0.6) is 5.75 Å². The zero-order valence-electron chi connectivity index (χ0n) is 11.4. The van der Waals surface area contributed by atoms with Gasteiger partial charge < -0.3 is 4.43 Å². The summed E-state index contributed by atoms with van der Waals surface area (Å²) in [5.74, 6) is 1.40. The van der Waals surface area contributed by atoms with Crippen molar-refractivity contribution in [3.63, 3.8) is 0 Å². The zero-order chi connectivity index (χ0) is 13.7. The van der Waals surface area contributed by atoms with Gasteiger partial charge in [0.15, 0.2) is 5.82 Å². The van der Waals surface area contributed by atoms with Gasteiger partial charge in [-0.05, 0) is 37.8 Å². The minimum atomic E-state index is -1.64. The molecule has 0 saturated heterocycles. The maximum absolute atomic E-state index is 6.01. The van der Waals surface area contributed by atoms with Gasteiger partial charge in [0.25, 0.3) is 0 Å². The van der Waals surface area contributed by atoms with Gasteiger partial charge in [0.05, 0.1) is 6.21 Å². The first kappa shape index (κ1) is 13.4. The number of benzene rings is 1. The van der Waals surface area contributed by atoms with Gasteiger partial charge in [0, 0.05) is 12.4 Å². The number of aromatic nitrogens is 2. The van der Waals surface area contributed by atoms with Crippen LogP contribution in [0.15, 0.2) is 47.7 Å². The predicted octanol–water partition coefficient (Wildman–Crippen LogP) is 3.44. The van der Waals surface area contributed by atoms with Crippen LogP contribution in [0.1, 0.15) is 5.82 Å². The van der Waals surface area contributed by atoms with Crippen molar-refractivity contribution in [3.05, 3.63) is 48.5 Å². The smallest absolute Gasteiger partial charge is 0.242 e. The molecule has 0 aliphatic carbocycles. The number of rotatable bonds is 4. The summed E-state index contributed by atoms with van der Waals surface area (Å²) in [5.41, 5.74) is 0.803. The minimum absolute atomic E-state index is 0.588. The second-order valence-corrected chi connectivity index (χ2v) is 9.48. The van der Waals surface area contributed by atoms with Crippen LogP contribution in [0.25, 0.3) is 0 Å². The van der Waals surface area contributed by atoms with Gasteiger partial charge in [-0.1, -0.05) is 12.1 Å². The second-order valence-electron chi connectivity index (χ2n) is 5.05. The van der Waals surface area contributed by atoms with Crippen molar-refractivity contribution in [3.8, 4) is 5.75 Å². The highest BCUT2D eigenvalue weighted by Crippen LogP contribution is 2.28. The third-order valence-electron chi connectivity index (χ3n) is 2.19. The molecule has 0 atom stereocenters. The normalized spacial score (nSPS) is 11.7. The number of aliphatic imine (C=N–C) groups is 1. The second kappa shape index (κ2) is 5.75. The minimum Gasteiger partial charge on any atom is -0.543 e. The third kappa shape index (κ3) is 4.29. The number of nitrogens with zero attached hydrogens (tertiary/aromatic N) is 3. The molecule has 1 heterocycles. The molecule has 0 bridgehead atoms. The first-order chi connectivity index (χ1) is 9.04. The van der Waals surface area contributed by atoms with E-state index in [4.69, 9.17) is 4.43 Å². The van der Waals surface area contributed by atoms with Crippen molar-refractivity contribution in [1.82, 2.24) is 9.97 Å². The highest BCUT2D eigenvalue weighted by molar-refractivity contribution is 6.70. The van der Waals surface area contributed by atoms with Gasteiger partial charge in [0.2, 0.25) is 8.32 Å². The standard InChI is InChI=1S/C14H17N3OSi/c1-19(2,3)18-13-8-5-4-7-12(13)17-11-14-15-9-6-10-16-14/h4-11H,1-3H3. The third-order valence-corrected chi connectivity index (χ3v) is 3.02. The Bertz CT molecular complexity index is 564. The van der Waals surface area contributed by atoms with Crippen LogP contribution in [0.3, 0.4) is 0 Å². The fourth-order valence-electron chi connectivity index (χ4n) is 1.48. The molecular weight excluding hydrogens is 254 g/mol. The van der Waals surface area contributed by atoms with Crippen LogP contribution in [-0.2, 0) is 0 Å². The van der Waals surface area contributed by atoms with Crippen LogP contribution < -0.4 is 4.43 Å². The first-order valence-corrected chi connectivity index (χ1v) is 9.54. The Morgan fingerprint density at radius 1 is 1.05 bits per heavy atom. The molecule has 0 amide bonds. The van der Waals surface area contributed by atoms with Gasteiger partial charge in [-0.15, -0.1) is 0 Å². The molecule has 0 N–H and O–H groups in total. The molecule has 0 aliphatic heterocycles. The van der Waals surface area contributed by atoms with E-state index in [0.717, 1.165) is 11.4 Å². The highest BCUT2D eigenvalue weighted by atomic mass is 28.4. The van der Waals surface area contributed by atoms with E-state index in [1.807, 2.05) is 24.3 Å². The average Bonchev–Trinajstić information content (AvgIpc) is 2.37. The molecule has 0 radical (unpaired) electrons. The van der Waals surface area contributed by atoms with E-state index in [0.29, 0.717) is 5.82 Å². The Hall–Kier alpha value is -2.01. The van der Waals surface area contributed by atoms with Crippen LogP contribution in [0.2, 0.25) is 19.6 Å². The molecule has 0 spiro atoms. The van der Waals surface area contributed by atoms with E-state index in [1.165, 1.54) is 0 Å². The maximum Gasteiger partial charge on any atom is 0.242 e. The van der Waals surface area contributed by atoms with Crippen molar-refractivity contribution >= 4 is 20.2 Å². The van der Waals surface area contributed by atoms with E-state index in [9.17, 15) is 0 Å². The SMILES string of the molecule is C[Si](C)(C)Oc1ccccc1N=Cc1ncccn1. The Morgan fingerprint density at radius 3 is 2.42 bits per heavy atom. The Morgan fingerprint density at radius 2 is 1.74 bits per heavy atom. The Kier molecular flexibility index (Phi) is 4.06. The summed E-state index contributed by atoms with van der Waals surface area (Å²) in [6, 6.07) is 9.54. The lowest BCUT2D eigenvalue weighted by atomic mass is 10.3. The summed E-state index contributed by atoms with van der Waals surface area (Å²) < 4.78 is 6.01. The van der Waals surface area contributed by atoms with Gasteiger partial charge in [-0.3, -0.25) is 0 Å². The van der Waals surface area contributed by atoms with Crippen molar-refractivity contribution in [2.45, 2.75) is 19.6 Å². The van der Waals surface area contributed by atoms with Crippen LogP contribution in [-0.4, -0.2) is 24.5 Å². The number of para-hydroxylation sites is 2. The molecule has 0 unspecified atom stereocenters. The lowest BCUT2D eigenvalue weighted by molar-refractivity contribution is 0.559. The molecule has 19 heavy (non-hydrogen) atoms. The molecule has 2 aromatic rings. The molecular formula is C14H17N3OSi. The summed E-state index contributed by atoms with van der Waals surface area (Å²) >= 11 is 0. The molecule has 0 fully saturated rings. The van der Waals surface area contributed by atoms with Gasteiger partial charge in [0.1, 0.15) is 11.4 Å². The van der Waals surface area contributed by atoms with E-state index in [1.54, 1.807) is 24.7 Å². The van der Waals surface area contributed by atoms with Gasteiger partial charge in [-0.25, -0.2) is 15.0 Å². The summed E-state index contributed by atoms with van der Waals surface area (Å²) in [6.45, 7) is 6.44. The van der Waals surface area contributed by atoms with Crippen LogP contribution >= 0.6 is 0 Å².